The molecule has 0 unspecified atom stereocenters. The van der Waals surface area contributed by atoms with Crippen molar-refractivity contribution in [3.05, 3.63) is 60.6 Å². The van der Waals surface area contributed by atoms with Gasteiger partial charge in [-0.3, -0.25) is 4.40 Å². The first-order chi connectivity index (χ1) is 12.6. The van der Waals surface area contributed by atoms with Crippen molar-refractivity contribution in [2.24, 2.45) is 0 Å². The Kier molecular flexibility index (Phi) is 3.90. The molecule has 138 valence electrons. The van der Waals surface area contributed by atoms with E-state index in [9.17, 15) is 21.6 Å². The van der Waals surface area contributed by atoms with Crippen LogP contribution in [0.4, 0.5) is 13.2 Å². The normalized spacial score (nSPS) is 12.7. The maximum absolute atomic E-state index is 12.8. The minimum atomic E-state index is -4.43. The largest absolute Gasteiger partial charge is 0.416 e. The van der Waals surface area contributed by atoms with E-state index in [2.05, 4.69) is 10.2 Å². The summed E-state index contributed by atoms with van der Waals surface area (Å²) in [5.74, 6) is 0. The molecule has 0 bridgehead atoms. The first-order valence-electron chi connectivity index (χ1n) is 7.53. The van der Waals surface area contributed by atoms with Crippen molar-refractivity contribution in [1.29, 1.82) is 0 Å². The number of fused-ring (bicyclic) bond motifs is 3. The predicted molar refractivity (Wildman–Crippen MR) is 94.0 cm³/mol. The van der Waals surface area contributed by atoms with Crippen molar-refractivity contribution in [2.75, 3.05) is 0 Å². The molecule has 0 atom stereocenters. The molecule has 0 amide bonds. The highest BCUT2D eigenvalue weighted by atomic mass is 35.7. The molecule has 4 rings (SSSR count). The second-order valence-corrected chi connectivity index (χ2v) is 8.39. The fourth-order valence-electron chi connectivity index (χ4n) is 2.90. The molecule has 0 N–H and O–H groups in total. The zero-order valence-corrected chi connectivity index (χ0v) is 14.8. The third kappa shape index (κ3) is 3.13. The van der Waals surface area contributed by atoms with Crippen molar-refractivity contribution >= 4 is 36.2 Å². The maximum Gasteiger partial charge on any atom is 0.416 e. The molecule has 27 heavy (non-hydrogen) atoms. The van der Waals surface area contributed by atoms with E-state index < -0.39 is 20.8 Å². The van der Waals surface area contributed by atoms with E-state index in [0.29, 0.717) is 27.5 Å². The molecule has 0 aliphatic carbocycles. The zero-order valence-electron chi connectivity index (χ0n) is 13.3. The Hall–Kier alpha value is -2.65. The third-order valence-electron chi connectivity index (χ3n) is 4.17. The number of alkyl halides is 3. The molecular formula is C17H9ClF3N3O2S. The van der Waals surface area contributed by atoms with Crippen LogP contribution in [0.15, 0.2) is 59.9 Å². The monoisotopic (exact) mass is 411 g/mol. The minimum absolute atomic E-state index is 0.105. The van der Waals surface area contributed by atoms with Crippen LogP contribution in [0.25, 0.3) is 27.5 Å². The molecule has 0 aliphatic rings. The van der Waals surface area contributed by atoms with Gasteiger partial charge >= 0.3 is 6.18 Å². The van der Waals surface area contributed by atoms with E-state index >= 15 is 0 Å². The Morgan fingerprint density at radius 1 is 1.00 bits per heavy atom. The number of hydrogen-bond donors (Lipinski definition) is 0. The van der Waals surface area contributed by atoms with Crippen LogP contribution < -0.4 is 0 Å². The lowest BCUT2D eigenvalue weighted by Crippen LogP contribution is -2.04. The van der Waals surface area contributed by atoms with E-state index in [1.165, 1.54) is 30.6 Å². The number of benzene rings is 2. The van der Waals surface area contributed by atoms with Gasteiger partial charge in [0.05, 0.1) is 10.5 Å². The second-order valence-electron chi connectivity index (χ2n) is 5.82. The van der Waals surface area contributed by atoms with Crippen LogP contribution in [0.3, 0.4) is 0 Å². The summed E-state index contributed by atoms with van der Waals surface area (Å²) in [6.45, 7) is 0. The Morgan fingerprint density at radius 2 is 1.70 bits per heavy atom. The summed E-state index contributed by atoms with van der Waals surface area (Å²) >= 11 is 0. The first-order valence-corrected chi connectivity index (χ1v) is 9.84. The van der Waals surface area contributed by atoms with Crippen molar-refractivity contribution in [3.63, 3.8) is 0 Å². The zero-order chi connectivity index (χ0) is 19.4. The first kappa shape index (κ1) is 17.7. The van der Waals surface area contributed by atoms with E-state index in [1.54, 1.807) is 16.7 Å². The molecule has 4 aromatic rings. The van der Waals surface area contributed by atoms with Crippen LogP contribution in [0.5, 0.6) is 0 Å². The molecule has 0 fully saturated rings. The molecule has 0 saturated heterocycles. The number of hydrogen-bond acceptors (Lipinski definition) is 4. The lowest BCUT2D eigenvalue weighted by Gasteiger charge is -2.11. The molecule has 2 aromatic heterocycles. The summed E-state index contributed by atoms with van der Waals surface area (Å²) in [4.78, 5) is -0.105. The molecule has 0 radical (unpaired) electrons. The number of nitrogens with zero attached hydrogens (tertiary/aromatic N) is 3. The standard InChI is InChI=1S/C17H9ClF3N3O2S/c18-27(25,26)12-5-6-13-14(7-12)16-23-22-9-24(16)8-15(13)10-1-3-11(4-2-10)17(19,20)21/h1-9H. The molecule has 0 saturated carbocycles. The molecule has 0 spiro atoms. The predicted octanol–water partition coefficient (Wildman–Crippen LogP) is 4.50. The van der Waals surface area contributed by atoms with Crippen LogP contribution >= 0.6 is 10.7 Å². The lowest BCUT2D eigenvalue weighted by molar-refractivity contribution is -0.137. The van der Waals surface area contributed by atoms with Crippen LogP contribution in [-0.4, -0.2) is 23.0 Å². The van der Waals surface area contributed by atoms with Gasteiger partial charge in [-0.15, -0.1) is 10.2 Å². The molecule has 2 aromatic carbocycles. The topological polar surface area (TPSA) is 64.3 Å². The van der Waals surface area contributed by atoms with Crippen LogP contribution in [0.2, 0.25) is 0 Å². The molecule has 5 nitrogen and oxygen atoms in total. The smallest absolute Gasteiger partial charge is 0.288 e. The average molecular weight is 412 g/mol. The number of aromatic nitrogens is 3. The summed E-state index contributed by atoms with van der Waals surface area (Å²) < 4.78 is 63.3. The van der Waals surface area contributed by atoms with Crippen molar-refractivity contribution < 1.29 is 21.6 Å². The minimum Gasteiger partial charge on any atom is -0.288 e. The van der Waals surface area contributed by atoms with Gasteiger partial charge in [-0.05, 0) is 35.2 Å². The van der Waals surface area contributed by atoms with E-state index in [4.69, 9.17) is 10.7 Å². The van der Waals surface area contributed by atoms with Gasteiger partial charge in [0, 0.05) is 27.8 Å². The van der Waals surface area contributed by atoms with Crippen molar-refractivity contribution in [2.45, 2.75) is 11.1 Å². The summed E-state index contributed by atoms with van der Waals surface area (Å²) in [6.07, 6.45) is -1.33. The quantitative estimate of drug-likeness (QED) is 0.456. The molecule has 10 heteroatoms. The third-order valence-corrected chi connectivity index (χ3v) is 5.52. The van der Waals surface area contributed by atoms with E-state index in [0.717, 1.165) is 12.1 Å². The van der Waals surface area contributed by atoms with Crippen molar-refractivity contribution in [3.8, 4) is 11.1 Å². The molecule has 0 aliphatic heterocycles. The Bertz CT molecular complexity index is 1280. The highest BCUT2D eigenvalue weighted by Gasteiger charge is 2.30. The number of halogens is 4. The van der Waals surface area contributed by atoms with Crippen LogP contribution in [0.1, 0.15) is 5.56 Å². The average Bonchev–Trinajstić information content (AvgIpc) is 3.08. The summed E-state index contributed by atoms with van der Waals surface area (Å²) in [6, 6.07) is 8.97. The molecule has 2 heterocycles. The second kappa shape index (κ2) is 5.93. The maximum atomic E-state index is 12.8. The lowest BCUT2D eigenvalue weighted by atomic mass is 9.99. The highest BCUT2D eigenvalue weighted by molar-refractivity contribution is 8.13. The van der Waals surface area contributed by atoms with Gasteiger partial charge in [-0.1, -0.05) is 18.2 Å². The van der Waals surface area contributed by atoms with Crippen molar-refractivity contribution in [1.82, 2.24) is 14.6 Å². The molecular weight excluding hydrogens is 403 g/mol. The highest BCUT2D eigenvalue weighted by Crippen LogP contribution is 2.35. The summed E-state index contributed by atoms with van der Waals surface area (Å²) in [5.41, 5.74) is 0.786. The van der Waals surface area contributed by atoms with Gasteiger partial charge in [0.25, 0.3) is 9.05 Å². The Balaban J connectivity index is 2.00. The van der Waals surface area contributed by atoms with Gasteiger partial charge in [0.15, 0.2) is 5.65 Å². The summed E-state index contributed by atoms with van der Waals surface area (Å²) in [5, 5.41) is 8.86. The van der Waals surface area contributed by atoms with Gasteiger partial charge in [-0.2, -0.15) is 13.2 Å². The van der Waals surface area contributed by atoms with E-state index in [-0.39, 0.29) is 4.90 Å². The van der Waals surface area contributed by atoms with Gasteiger partial charge < -0.3 is 0 Å². The summed E-state index contributed by atoms with van der Waals surface area (Å²) in [7, 11) is 1.47. The van der Waals surface area contributed by atoms with E-state index in [1.807, 2.05) is 0 Å². The SMILES string of the molecule is O=S(=O)(Cl)c1ccc2c(-c3ccc(C(F)(F)F)cc3)cn3cnnc3c2c1. The van der Waals surface area contributed by atoms with Crippen LogP contribution in [0, 0.1) is 0 Å². The fraction of sp³-hybridized carbons (Fsp3) is 0.0588. The Labute approximate surface area is 155 Å². The number of rotatable bonds is 2. The Morgan fingerprint density at radius 3 is 2.33 bits per heavy atom. The number of pyridine rings is 1. The van der Waals surface area contributed by atoms with Crippen LogP contribution in [-0.2, 0) is 15.2 Å². The van der Waals surface area contributed by atoms with Gasteiger partial charge in [-0.25, -0.2) is 8.42 Å². The fourth-order valence-corrected chi connectivity index (χ4v) is 3.68. The van der Waals surface area contributed by atoms with Gasteiger partial charge in [0.1, 0.15) is 6.33 Å². The van der Waals surface area contributed by atoms with Gasteiger partial charge in [0.2, 0.25) is 0 Å².